The molecule has 0 aromatic carbocycles. The summed E-state index contributed by atoms with van der Waals surface area (Å²) in [6.07, 6.45) is 4.86. The molecule has 0 aromatic heterocycles. The molecular formula is C15H32N2O. The van der Waals surface area contributed by atoms with Crippen LogP contribution in [0.2, 0.25) is 0 Å². The van der Waals surface area contributed by atoms with Gasteiger partial charge in [0, 0.05) is 12.6 Å². The van der Waals surface area contributed by atoms with E-state index in [1.54, 1.807) is 0 Å². The summed E-state index contributed by atoms with van der Waals surface area (Å²) in [5.41, 5.74) is 5.55. The molecule has 3 nitrogen and oxygen atoms in total. The third kappa shape index (κ3) is 4.60. The molecule has 18 heavy (non-hydrogen) atoms. The Bertz CT molecular complexity index is 235. The van der Waals surface area contributed by atoms with Crippen LogP contribution in [-0.2, 0) is 4.79 Å². The molecule has 0 aliphatic carbocycles. The Hall–Kier alpha value is -0.570. The van der Waals surface area contributed by atoms with Crippen molar-refractivity contribution in [2.24, 2.45) is 17.1 Å². The first-order valence-electron chi connectivity index (χ1n) is 7.48. The standard InChI is InChI=1S/C15H32N2O/c1-6-9-15(11-16,10-7-2)14(18)17-13(5)12(4)8-3/h12-13H,6-11,16H2,1-5H3,(H,17,18). The van der Waals surface area contributed by atoms with Crippen LogP contribution in [0.1, 0.15) is 66.7 Å². The third-order valence-corrected chi connectivity index (χ3v) is 4.19. The van der Waals surface area contributed by atoms with Gasteiger partial charge < -0.3 is 11.1 Å². The van der Waals surface area contributed by atoms with Gasteiger partial charge in [0.15, 0.2) is 0 Å². The van der Waals surface area contributed by atoms with Gasteiger partial charge in [0.2, 0.25) is 5.91 Å². The molecule has 0 bridgehead atoms. The predicted molar refractivity (Wildman–Crippen MR) is 78.4 cm³/mol. The summed E-state index contributed by atoms with van der Waals surface area (Å²) in [5, 5.41) is 3.17. The highest BCUT2D eigenvalue weighted by molar-refractivity contribution is 5.83. The van der Waals surface area contributed by atoms with Crippen molar-refractivity contribution >= 4 is 5.91 Å². The van der Waals surface area contributed by atoms with E-state index in [-0.39, 0.29) is 17.4 Å². The van der Waals surface area contributed by atoms with Crippen molar-refractivity contribution in [1.82, 2.24) is 5.32 Å². The molecule has 0 spiro atoms. The molecular weight excluding hydrogens is 224 g/mol. The van der Waals surface area contributed by atoms with Crippen LogP contribution in [0.4, 0.5) is 0 Å². The Morgan fingerprint density at radius 3 is 2.00 bits per heavy atom. The molecule has 0 fully saturated rings. The van der Waals surface area contributed by atoms with Crippen molar-refractivity contribution in [3.63, 3.8) is 0 Å². The van der Waals surface area contributed by atoms with E-state index in [1.807, 2.05) is 0 Å². The smallest absolute Gasteiger partial charge is 0.227 e. The average molecular weight is 256 g/mol. The number of carbonyl (C=O) groups excluding carboxylic acids is 1. The number of rotatable bonds is 9. The Morgan fingerprint density at radius 2 is 1.67 bits per heavy atom. The Morgan fingerprint density at radius 1 is 1.17 bits per heavy atom. The van der Waals surface area contributed by atoms with Crippen molar-refractivity contribution in [3.8, 4) is 0 Å². The van der Waals surface area contributed by atoms with Crippen LogP contribution in [0.3, 0.4) is 0 Å². The maximum absolute atomic E-state index is 12.5. The lowest BCUT2D eigenvalue weighted by Gasteiger charge is -2.33. The molecule has 3 heteroatoms. The zero-order valence-corrected chi connectivity index (χ0v) is 12.9. The fourth-order valence-corrected chi connectivity index (χ4v) is 2.46. The minimum atomic E-state index is -0.356. The van der Waals surface area contributed by atoms with Crippen molar-refractivity contribution in [2.45, 2.75) is 72.8 Å². The number of carbonyl (C=O) groups is 1. The van der Waals surface area contributed by atoms with Gasteiger partial charge in [-0.05, 0) is 25.7 Å². The van der Waals surface area contributed by atoms with Gasteiger partial charge in [0.05, 0.1) is 5.41 Å². The van der Waals surface area contributed by atoms with E-state index in [1.165, 1.54) is 0 Å². The second-order valence-electron chi connectivity index (χ2n) is 5.63. The first-order chi connectivity index (χ1) is 8.47. The summed E-state index contributed by atoms with van der Waals surface area (Å²) in [5.74, 6) is 0.661. The van der Waals surface area contributed by atoms with Crippen LogP contribution < -0.4 is 11.1 Å². The molecule has 108 valence electrons. The maximum atomic E-state index is 12.5. The zero-order valence-electron chi connectivity index (χ0n) is 12.9. The summed E-state index contributed by atoms with van der Waals surface area (Å²) in [6, 6.07) is 0.224. The molecule has 2 unspecified atom stereocenters. The van der Waals surface area contributed by atoms with E-state index in [9.17, 15) is 4.79 Å². The Kier molecular flexibility index (Phi) is 8.25. The van der Waals surface area contributed by atoms with Crippen LogP contribution in [-0.4, -0.2) is 18.5 Å². The van der Waals surface area contributed by atoms with Crippen LogP contribution in [0.15, 0.2) is 0 Å². The zero-order chi connectivity index (χ0) is 14.2. The highest BCUT2D eigenvalue weighted by Gasteiger charge is 2.36. The number of nitrogens with one attached hydrogen (secondary N) is 1. The lowest BCUT2D eigenvalue weighted by Crippen LogP contribution is -2.50. The molecule has 0 aromatic rings. The van der Waals surface area contributed by atoms with Gasteiger partial charge in [-0.25, -0.2) is 0 Å². The minimum absolute atomic E-state index is 0.154. The minimum Gasteiger partial charge on any atom is -0.353 e. The lowest BCUT2D eigenvalue weighted by atomic mass is 9.78. The topological polar surface area (TPSA) is 55.1 Å². The predicted octanol–water partition coefficient (Wildman–Crippen LogP) is 3.08. The van der Waals surface area contributed by atoms with E-state index in [0.29, 0.717) is 12.5 Å². The molecule has 2 atom stereocenters. The molecule has 0 rings (SSSR count). The summed E-state index contributed by atoms with van der Waals surface area (Å²) >= 11 is 0. The second-order valence-corrected chi connectivity index (χ2v) is 5.63. The molecule has 0 saturated carbocycles. The van der Waals surface area contributed by atoms with Crippen LogP contribution in [0.25, 0.3) is 0 Å². The molecule has 0 aliphatic heterocycles. The van der Waals surface area contributed by atoms with Gasteiger partial charge in [-0.2, -0.15) is 0 Å². The average Bonchev–Trinajstić information content (AvgIpc) is 2.36. The largest absolute Gasteiger partial charge is 0.353 e. The number of nitrogens with two attached hydrogens (primary N) is 1. The van der Waals surface area contributed by atoms with Gasteiger partial charge in [-0.15, -0.1) is 0 Å². The van der Waals surface area contributed by atoms with E-state index < -0.39 is 0 Å². The van der Waals surface area contributed by atoms with Gasteiger partial charge in [-0.3, -0.25) is 4.79 Å². The highest BCUT2D eigenvalue weighted by atomic mass is 16.2. The van der Waals surface area contributed by atoms with Crippen molar-refractivity contribution in [3.05, 3.63) is 0 Å². The van der Waals surface area contributed by atoms with Crippen molar-refractivity contribution in [1.29, 1.82) is 0 Å². The molecule has 0 aliphatic rings. The normalized spacial score (nSPS) is 15.2. The van der Waals surface area contributed by atoms with Crippen LogP contribution in [0.5, 0.6) is 0 Å². The number of hydrogen-bond acceptors (Lipinski definition) is 2. The van der Waals surface area contributed by atoms with Gasteiger partial charge >= 0.3 is 0 Å². The monoisotopic (exact) mass is 256 g/mol. The Labute approximate surface area is 113 Å². The lowest BCUT2D eigenvalue weighted by molar-refractivity contribution is -0.132. The van der Waals surface area contributed by atoms with E-state index >= 15 is 0 Å². The molecule has 0 heterocycles. The van der Waals surface area contributed by atoms with E-state index in [4.69, 9.17) is 5.73 Å². The summed E-state index contributed by atoms with van der Waals surface area (Å²) < 4.78 is 0. The second kappa shape index (κ2) is 8.52. The first kappa shape index (κ1) is 17.4. The molecule has 0 saturated heterocycles. The van der Waals surface area contributed by atoms with Crippen LogP contribution >= 0.6 is 0 Å². The first-order valence-corrected chi connectivity index (χ1v) is 7.48. The molecule has 0 radical (unpaired) electrons. The Balaban J connectivity index is 4.74. The number of amides is 1. The van der Waals surface area contributed by atoms with Gasteiger partial charge in [0.1, 0.15) is 0 Å². The van der Waals surface area contributed by atoms with E-state index in [0.717, 1.165) is 32.1 Å². The summed E-state index contributed by atoms with van der Waals surface area (Å²) in [6.45, 7) is 11.1. The summed E-state index contributed by atoms with van der Waals surface area (Å²) in [7, 11) is 0. The van der Waals surface area contributed by atoms with Gasteiger partial charge in [0.25, 0.3) is 0 Å². The number of hydrogen-bond donors (Lipinski definition) is 2. The maximum Gasteiger partial charge on any atom is 0.227 e. The third-order valence-electron chi connectivity index (χ3n) is 4.19. The van der Waals surface area contributed by atoms with Crippen molar-refractivity contribution in [2.75, 3.05) is 6.54 Å². The fraction of sp³-hybridized carbons (Fsp3) is 0.933. The summed E-state index contributed by atoms with van der Waals surface area (Å²) in [4.78, 5) is 12.5. The molecule has 1 amide bonds. The van der Waals surface area contributed by atoms with Gasteiger partial charge in [-0.1, -0.05) is 47.0 Å². The SMILES string of the molecule is CCCC(CN)(CCC)C(=O)NC(C)C(C)CC. The van der Waals surface area contributed by atoms with E-state index in [2.05, 4.69) is 39.9 Å². The fourth-order valence-electron chi connectivity index (χ4n) is 2.46. The molecule has 3 N–H and O–H groups in total. The van der Waals surface area contributed by atoms with Crippen molar-refractivity contribution < 1.29 is 4.79 Å². The highest BCUT2D eigenvalue weighted by Crippen LogP contribution is 2.29. The quantitative estimate of drug-likeness (QED) is 0.666. The van der Waals surface area contributed by atoms with Crippen LogP contribution in [0, 0.1) is 11.3 Å².